The number of anilines is 2. The molecule has 8 nitrogen and oxygen atoms in total. The number of hydrogen-bond donors (Lipinski definition) is 2. The van der Waals surface area contributed by atoms with Crippen molar-refractivity contribution in [3.05, 3.63) is 30.5 Å². The number of ether oxygens (including phenoxy) is 1. The van der Waals surface area contributed by atoms with Gasteiger partial charge in [0.15, 0.2) is 5.65 Å². The molecule has 0 radical (unpaired) electrons. The van der Waals surface area contributed by atoms with E-state index in [9.17, 15) is 0 Å². The Morgan fingerprint density at radius 1 is 1.19 bits per heavy atom. The number of nitrogen functional groups attached to an aromatic ring is 1. The Kier molecular flexibility index (Phi) is 4.68. The first-order valence-corrected chi connectivity index (χ1v) is 8.80. The zero-order valence-corrected chi connectivity index (χ0v) is 14.9. The molecule has 26 heavy (non-hydrogen) atoms. The van der Waals surface area contributed by atoms with E-state index in [1.165, 1.54) is 0 Å². The largest absolute Gasteiger partial charge is 0.399 e. The molecular weight excluding hydrogens is 330 g/mol. The summed E-state index contributed by atoms with van der Waals surface area (Å²) in [6, 6.07) is 7.67. The lowest BCUT2D eigenvalue weighted by Gasteiger charge is -2.26. The Morgan fingerprint density at radius 3 is 2.73 bits per heavy atom. The SMILES string of the molecule is Cn1nc(-c2ccc(N)cc2)c2cnc(NCCN3CCOCC3)nc21. The molecule has 3 aromatic rings. The van der Waals surface area contributed by atoms with Crippen LogP contribution in [0.5, 0.6) is 0 Å². The van der Waals surface area contributed by atoms with Gasteiger partial charge < -0.3 is 15.8 Å². The summed E-state index contributed by atoms with van der Waals surface area (Å²) in [6.45, 7) is 5.33. The van der Waals surface area contributed by atoms with E-state index in [0.717, 1.165) is 67.4 Å². The summed E-state index contributed by atoms with van der Waals surface area (Å²) in [5.41, 5.74) is 9.18. The summed E-state index contributed by atoms with van der Waals surface area (Å²) in [7, 11) is 1.90. The maximum absolute atomic E-state index is 5.77. The summed E-state index contributed by atoms with van der Waals surface area (Å²) in [6.07, 6.45) is 1.83. The highest BCUT2D eigenvalue weighted by molar-refractivity contribution is 5.91. The molecule has 8 heteroatoms. The van der Waals surface area contributed by atoms with Crippen LogP contribution >= 0.6 is 0 Å². The number of aryl methyl sites for hydroxylation is 1. The highest BCUT2D eigenvalue weighted by Gasteiger charge is 2.14. The zero-order chi connectivity index (χ0) is 17.9. The van der Waals surface area contributed by atoms with Crippen LogP contribution in [0.3, 0.4) is 0 Å². The molecule has 0 bridgehead atoms. The molecular formula is C18H23N7O. The first-order chi connectivity index (χ1) is 12.7. The van der Waals surface area contributed by atoms with Crippen LogP contribution in [0.4, 0.5) is 11.6 Å². The molecule has 0 atom stereocenters. The van der Waals surface area contributed by atoms with E-state index in [0.29, 0.717) is 5.95 Å². The molecule has 0 saturated carbocycles. The molecule has 3 heterocycles. The van der Waals surface area contributed by atoms with Gasteiger partial charge in [0.2, 0.25) is 5.95 Å². The van der Waals surface area contributed by atoms with E-state index in [-0.39, 0.29) is 0 Å². The van der Waals surface area contributed by atoms with Crippen LogP contribution < -0.4 is 11.1 Å². The van der Waals surface area contributed by atoms with Crippen LogP contribution in [0.15, 0.2) is 30.5 Å². The summed E-state index contributed by atoms with van der Waals surface area (Å²) >= 11 is 0. The van der Waals surface area contributed by atoms with Crippen LogP contribution in [-0.4, -0.2) is 64.0 Å². The number of hydrogen-bond acceptors (Lipinski definition) is 7. The van der Waals surface area contributed by atoms with Crippen LogP contribution in [-0.2, 0) is 11.8 Å². The lowest BCUT2D eigenvalue weighted by atomic mass is 10.1. The number of benzene rings is 1. The van der Waals surface area contributed by atoms with Gasteiger partial charge >= 0.3 is 0 Å². The van der Waals surface area contributed by atoms with Crippen molar-refractivity contribution in [3.63, 3.8) is 0 Å². The second kappa shape index (κ2) is 7.27. The van der Waals surface area contributed by atoms with Gasteiger partial charge in [0.25, 0.3) is 0 Å². The van der Waals surface area contributed by atoms with Gasteiger partial charge in [0, 0.05) is 50.7 Å². The molecule has 1 aliphatic rings. The standard InChI is InChI=1S/C18H23N7O/c1-24-17-15(16(23-24)13-2-4-14(19)5-3-13)12-21-18(22-17)20-6-7-25-8-10-26-11-9-25/h2-5,12H,6-11,19H2,1H3,(H,20,21,22). The van der Waals surface area contributed by atoms with E-state index in [4.69, 9.17) is 10.5 Å². The number of fused-ring (bicyclic) bond motifs is 1. The summed E-state index contributed by atoms with van der Waals surface area (Å²) < 4.78 is 7.16. The average Bonchev–Trinajstić information content (AvgIpc) is 3.00. The van der Waals surface area contributed by atoms with Crippen molar-refractivity contribution in [2.45, 2.75) is 0 Å². The lowest BCUT2D eigenvalue weighted by molar-refractivity contribution is 0.0398. The molecule has 2 aromatic heterocycles. The van der Waals surface area contributed by atoms with Gasteiger partial charge in [-0.25, -0.2) is 9.67 Å². The monoisotopic (exact) mass is 353 g/mol. The third-order valence-corrected chi connectivity index (χ3v) is 4.58. The Balaban J connectivity index is 1.50. The van der Waals surface area contributed by atoms with Gasteiger partial charge in [0.05, 0.1) is 18.6 Å². The molecule has 1 aromatic carbocycles. The Morgan fingerprint density at radius 2 is 1.96 bits per heavy atom. The minimum atomic E-state index is 0.623. The topological polar surface area (TPSA) is 94.1 Å². The minimum absolute atomic E-state index is 0.623. The fourth-order valence-corrected chi connectivity index (χ4v) is 3.13. The van der Waals surface area contributed by atoms with E-state index >= 15 is 0 Å². The number of aromatic nitrogens is 4. The fraction of sp³-hybridized carbons (Fsp3) is 0.389. The molecule has 0 aliphatic carbocycles. The predicted molar refractivity (Wildman–Crippen MR) is 102 cm³/mol. The van der Waals surface area contributed by atoms with Crippen molar-refractivity contribution in [2.24, 2.45) is 7.05 Å². The molecule has 0 unspecified atom stereocenters. The maximum Gasteiger partial charge on any atom is 0.224 e. The zero-order valence-electron chi connectivity index (χ0n) is 14.9. The predicted octanol–water partition coefficient (Wildman–Crippen LogP) is 1.36. The van der Waals surface area contributed by atoms with Gasteiger partial charge in [-0.3, -0.25) is 4.90 Å². The molecule has 1 aliphatic heterocycles. The number of nitrogens with one attached hydrogen (secondary N) is 1. The molecule has 1 fully saturated rings. The molecule has 136 valence electrons. The molecule has 0 spiro atoms. The van der Waals surface area contributed by atoms with Gasteiger partial charge in [-0.2, -0.15) is 10.1 Å². The molecule has 0 amide bonds. The molecule has 3 N–H and O–H groups in total. The van der Waals surface area contributed by atoms with Gasteiger partial charge in [-0.1, -0.05) is 12.1 Å². The maximum atomic E-state index is 5.77. The van der Waals surface area contributed by atoms with E-state index in [1.54, 1.807) is 4.68 Å². The average molecular weight is 353 g/mol. The second-order valence-corrected chi connectivity index (χ2v) is 6.41. The van der Waals surface area contributed by atoms with E-state index in [2.05, 4.69) is 25.3 Å². The van der Waals surface area contributed by atoms with E-state index in [1.807, 2.05) is 37.5 Å². The number of nitrogens with two attached hydrogens (primary N) is 1. The van der Waals surface area contributed by atoms with Crippen LogP contribution in [0.2, 0.25) is 0 Å². The van der Waals surface area contributed by atoms with Crippen molar-refractivity contribution < 1.29 is 4.74 Å². The van der Waals surface area contributed by atoms with Crippen LogP contribution in [0.1, 0.15) is 0 Å². The van der Waals surface area contributed by atoms with Gasteiger partial charge in [0.1, 0.15) is 5.69 Å². The summed E-state index contributed by atoms with van der Waals surface area (Å²) in [4.78, 5) is 11.5. The van der Waals surface area contributed by atoms with Crippen LogP contribution in [0.25, 0.3) is 22.3 Å². The number of rotatable bonds is 5. The third kappa shape index (κ3) is 3.47. The fourth-order valence-electron chi connectivity index (χ4n) is 3.13. The van der Waals surface area contributed by atoms with Crippen LogP contribution in [0, 0.1) is 0 Å². The summed E-state index contributed by atoms with van der Waals surface area (Å²) in [5.74, 6) is 0.623. The van der Waals surface area contributed by atoms with Gasteiger partial charge in [-0.15, -0.1) is 0 Å². The van der Waals surface area contributed by atoms with Crippen molar-refractivity contribution in [2.75, 3.05) is 50.4 Å². The first-order valence-electron chi connectivity index (χ1n) is 8.80. The van der Waals surface area contributed by atoms with E-state index < -0.39 is 0 Å². The third-order valence-electron chi connectivity index (χ3n) is 4.58. The van der Waals surface area contributed by atoms with Gasteiger partial charge in [-0.05, 0) is 12.1 Å². The minimum Gasteiger partial charge on any atom is -0.399 e. The highest BCUT2D eigenvalue weighted by atomic mass is 16.5. The molecule has 1 saturated heterocycles. The highest BCUT2D eigenvalue weighted by Crippen LogP contribution is 2.27. The molecule has 4 rings (SSSR count). The normalized spacial score (nSPS) is 15.4. The lowest BCUT2D eigenvalue weighted by Crippen LogP contribution is -2.39. The second-order valence-electron chi connectivity index (χ2n) is 6.41. The van der Waals surface area contributed by atoms with Crippen molar-refractivity contribution in [1.82, 2.24) is 24.6 Å². The number of nitrogens with zero attached hydrogens (tertiary/aromatic N) is 5. The Hall–Kier alpha value is -2.71. The quantitative estimate of drug-likeness (QED) is 0.669. The smallest absolute Gasteiger partial charge is 0.224 e. The summed E-state index contributed by atoms with van der Waals surface area (Å²) in [5, 5.41) is 8.84. The van der Waals surface area contributed by atoms with Crippen molar-refractivity contribution in [1.29, 1.82) is 0 Å². The first kappa shape index (κ1) is 16.7. The Labute approximate surface area is 152 Å². The van der Waals surface area contributed by atoms with Crippen molar-refractivity contribution in [3.8, 4) is 11.3 Å². The number of morpholine rings is 1. The Bertz CT molecular complexity index is 884. The van der Waals surface area contributed by atoms with Crippen molar-refractivity contribution >= 4 is 22.7 Å².